The summed E-state index contributed by atoms with van der Waals surface area (Å²) in [6.07, 6.45) is 0.597. The van der Waals surface area contributed by atoms with Gasteiger partial charge in [0, 0.05) is 12.5 Å². The van der Waals surface area contributed by atoms with E-state index in [4.69, 9.17) is 0 Å². The van der Waals surface area contributed by atoms with E-state index < -0.39 is 28.4 Å². The van der Waals surface area contributed by atoms with Crippen molar-refractivity contribution in [2.75, 3.05) is 0 Å². The third-order valence-corrected chi connectivity index (χ3v) is 3.59. The molecule has 2 heterocycles. The van der Waals surface area contributed by atoms with Crippen LogP contribution in [-0.4, -0.2) is 37.3 Å². The number of carbonyl (C=O) groups is 3. The van der Waals surface area contributed by atoms with Crippen molar-refractivity contribution >= 4 is 35.7 Å². The molecule has 0 aliphatic carbocycles. The monoisotopic (exact) mass is 354 g/mol. The predicted octanol–water partition coefficient (Wildman–Crippen LogP) is 1.28. The van der Waals surface area contributed by atoms with Crippen LogP contribution in [0.15, 0.2) is 23.0 Å². The minimum Gasteiger partial charge on any atom is -0.369 e. The molecule has 1 aromatic heterocycles. The van der Waals surface area contributed by atoms with Crippen molar-refractivity contribution in [3.63, 3.8) is 0 Å². The number of carbonyl (C=O) groups excluding carboxylic acids is 3. The summed E-state index contributed by atoms with van der Waals surface area (Å²) in [6, 6.07) is 2.13. The summed E-state index contributed by atoms with van der Waals surface area (Å²) < 4.78 is 9.81. The van der Waals surface area contributed by atoms with E-state index in [1.807, 2.05) is 0 Å². The van der Waals surface area contributed by atoms with Gasteiger partial charge < -0.3 is 4.18 Å². The summed E-state index contributed by atoms with van der Waals surface area (Å²) in [6.45, 7) is 1.33. The Hall–Kier alpha value is -3.02. The highest BCUT2D eigenvalue weighted by molar-refractivity contribution is 7.93. The maximum absolute atomic E-state index is 12.4. The minimum atomic E-state index is -0.870. The van der Waals surface area contributed by atoms with Crippen LogP contribution in [0.1, 0.15) is 28.9 Å². The highest BCUT2D eigenvalue weighted by atomic mass is 32.2. The van der Waals surface area contributed by atoms with Crippen LogP contribution in [0.4, 0.5) is 5.69 Å². The molecule has 0 unspecified atom stereocenters. The van der Waals surface area contributed by atoms with E-state index >= 15 is 0 Å². The normalized spacial score (nSPS) is 14.5. The molecule has 0 N–H and O–H groups in total. The Morgan fingerprint density at radius 2 is 2.12 bits per heavy atom. The van der Waals surface area contributed by atoms with Crippen molar-refractivity contribution in [3.8, 4) is 0 Å². The molecule has 0 aromatic carbocycles. The number of imide groups is 1. The van der Waals surface area contributed by atoms with Gasteiger partial charge in [0.15, 0.2) is 17.9 Å². The van der Waals surface area contributed by atoms with Crippen LogP contribution in [0.3, 0.4) is 0 Å². The lowest BCUT2D eigenvalue weighted by atomic mass is 10.2. The van der Waals surface area contributed by atoms with E-state index in [0.29, 0.717) is 4.31 Å². The first-order chi connectivity index (χ1) is 11.4. The van der Waals surface area contributed by atoms with Crippen molar-refractivity contribution in [2.24, 2.45) is 0 Å². The Morgan fingerprint density at radius 3 is 2.83 bits per heavy atom. The number of hydrogen-bond donors (Lipinski definition) is 0. The first-order valence-corrected chi connectivity index (χ1v) is 7.15. The summed E-state index contributed by atoms with van der Waals surface area (Å²) in [5.41, 5.74) is -0.665. The Balaban J connectivity index is 2.43. The van der Waals surface area contributed by atoms with Crippen LogP contribution < -0.4 is 0 Å². The van der Waals surface area contributed by atoms with E-state index in [1.54, 1.807) is 0 Å². The van der Waals surface area contributed by atoms with Gasteiger partial charge in [-0.15, -0.1) is 0 Å². The zero-order valence-electron chi connectivity index (χ0n) is 12.2. The molecular weight excluding hydrogens is 344 g/mol. The highest BCUT2D eigenvalue weighted by Gasteiger charge is 2.30. The molecule has 1 aromatic rings. The fraction of sp³-hybridized carbons (Fsp3) is 0.250. The molecule has 12 heteroatoms. The van der Waals surface area contributed by atoms with Crippen LogP contribution in [-0.2, 0) is 13.8 Å². The van der Waals surface area contributed by atoms with Gasteiger partial charge in [-0.1, -0.05) is 5.16 Å². The molecule has 0 bridgehead atoms. The molecule has 0 atom stereocenters. The van der Waals surface area contributed by atoms with Gasteiger partial charge in [-0.2, -0.15) is 4.31 Å². The quantitative estimate of drug-likeness (QED) is 0.250. The van der Waals surface area contributed by atoms with Crippen LogP contribution >= 0.6 is 12.2 Å². The van der Waals surface area contributed by atoms with E-state index in [-0.39, 0.29) is 36.3 Å². The summed E-state index contributed by atoms with van der Waals surface area (Å²) in [5.74, 6) is -2.15. The van der Waals surface area contributed by atoms with Crippen molar-refractivity contribution in [2.45, 2.75) is 19.8 Å². The van der Waals surface area contributed by atoms with Crippen LogP contribution in [0.2, 0.25) is 0 Å². The lowest BCUT2D eigenvalue weighted by molar-refractivity contribution is -0.385. The van der Waals surface area contributed by atoms with Gasteiger partial charge in [0.1, 0.15) is 0 Å². The second-order valence-electron chi connectivity index (χ2n) is 4.45. The van der Waals surface area contributed by atoms with E-state index in [9.17, 15) is 24.5 Å². The van der Waals surface area contributed by atoms with E-state index in [1.165, 1.54) is 6.92 Å². The van der Waals surface area contributed by atoms with Crippen molar-refractivity contribution in [1.82, 2.24) is 14.6 Å². The fourth-order valence-electron chi connectivity index (χ4n) is 1.60. The Bertz CT molecular complexity index is 762. The highest BCUT2D eigenvalue weighted by Crippen LogP contribution is 2.22. The Labute approximate surface area is 138 Å². The van der Waals surface area contributed by atoms with Crippen LogP contribution in [0, 0.1) is 17.0 Å². The number of aromatic nitrogens is 2. The summed E-state index contributed by atoms with van der Waals surface area (Å²) in [5, 5.41) is 17.8. The summed E-state index contributed by atoms with van der Waals surface area (Å²) >= 11 is 0.285. The summed E-state index contributed by atoms with van der Waals surface area (Å²) in [4.78, 5) is 45.7. The number of rotatable bonds is 2. The zero-order chi connectivity index (χ0) is 17.7. The number of aryl methyl sites for hydroxylation is 1. The lowest BCUT2D eigenvalue weighted by Crippen LogP contribution is -2.29. The van der Waals surface area contributed by atoms with Gasteiger partial charge in [0.05, 0.1) is 23.1 Å². The van der Waals surface area contributed by atoms with Gasteiger partial charge in [-0.25, -0.2) is 4.63 Å². The maximum atomic E-state index is 12.4. The van der Waals surface area contributed by atoms with Crippen LogP contribution in [0.5, 0.6) is 0 Å². The second-order valence-corrected chi connectivity index (χ2v) is 5.13. The molecule has 2 amide bonds. The molecule has 0 saturated carbocycles. The Kier molecular flexibility index (Phi) is 5.42. The molecule has 2 rings (SSSR count). The number of hydrogen-bond acceptors (Lipinski definition) is 10. The fourth-order valence-corrected chi connectivity index (χ4v) is 2.19. The first-order valence-electron chi connectivity index (χ1n) is 6.46. The molecule has 1 saturated heterocycles. The number of nitro groups is 1. The van der Waals surface area contributed by atoms with Crippen molar-refractivity contribution in [3.05, 3.63) is 39.7 Å². The standard InChI is InChI=1S/C12H10N4O7S/c1-7-9(16(20)21)3-2-8(6-13-23-14-7)12(19)15-10(17)4-5-11(18)22-24-15/h2-3,6H,4-5H2,1H3. The average molecular weight is 354 g/mol. The maximum Gasteiger partial charge on any atom is 0.320 e. The number of nitrogens with zero attached hydrogens (tertiary/aromatic N) is 4. The Morgan fingerprint density at radius 1 is 1.38 bits per heavy atom. The van der Waals surface area contributed by atoms with Gasteiger partial charge in [-0.3, -0.25) is 24.5 Å². The van der Waals surface area contributed by atoms with Crippen molar-refractivity contribution < 1.29 is 28.1 Å². The smallest absolute Gasteiger partial charge is 0.320 e. The molecule has 0 radical (unpaired) electrons. The van der Waals surface area contributed by atoms with Gasteiger partial charge in [0.2, 0.25) is 5.91 Å². The zero-order valence-corrected chi connectivity index (χ0v) is 13.0. The second kappa shape index (κ2) is 7.50. The van der Waals surface area contributed by atoms with E-state index in [2.05, 4.69) is 19.1 Å². The van der Waals surface area contributed by atoms with Crippen molar-refractivity contribution in [1.29, 1.82) is 0 Å². The molecule has 0 spiro atoms. The number of amides is 2. The molecule has 1 aliphatic heterocycles. The molecule has 1 aliphatic rings. The minimum absolute atomic E-state index is 0.0590. The molecule has 1 fully saturated rings. The molecule has 11 nitrogen and oxygen atoms in total. The van der Waals surface area contributed by atoms with E-state index in [0.717, 1.165) is 18.3 Å². The largest absolute Gasteiger partial charge is 0.369 e. The molecular formula is C12H10N4O7S. The summed E-state index contributed by atoms with van der Waals surface area (Å²) in [7, 11) is 0. The molecule has 126 valence electrons. The van der Waals surface area contributed by atoms with Gasteiger partial charge in [0.25, 0.3) is 11.6 Å². The van der Waals surface area contributed by atoms with Crippen LogP contribution in [0.25, 0.3) is 0 Å². The van der Waals surface area contributed by atoms with Gasteiger partial charge >= 0.3 is 5.97 Å². The SMILES string of the molecule is Cc1noncc(C(=O)N2SOC(=O)CCC2=O)ccc1[N+](=O)[O-]. The third kappa shape index (κ3) is 4.04. The first kappa shape index (κ1) is 17.3. The van der Waals surface area contributed by atoms with Gasteiger partial charge in [-0.05, 0) is 18.1 Å². The lowest BCUT2D eigenvalue weighted by Gasteiger charge is -2.13. The average Bonchev–Trinajstić information content (AvgIpc) is 2.63. The third-order valence-electron chi connectivity index (χ3n) is 2.81. The molecule has 24 heavy (non-hydrogen) atoms. The topological polar surface area (TPSA) is 146 Å². The predicted molar refractivity (Wildman–Crippen MR) is 77.4 cm³/mol.